The van der Waals surface area contributed by atoms with Gasteiger partial charge in [0.25, 0.3) is 0 Å². The van der Waals surface area contributed by atoms with Crippen molar-refractivity contribution in [2.45, 2.75) is 6.92 Å². The minimum Gasteiger partial charge on any atom is -0.477 e. The lowest BCUT2D eigenvalue weighted by molar-refractivity contribution is 0.0702. The van der Waals surface area contributed by atoms with Crippen molar-refractivity contribution in [3.8, 4) is 17.3 Å². The minimum atomic E-state index is -0.977. The number of carboxylic acids is 1. The molecule has 0 atom stereocenters. The van der Waals surface area contributed by atoms with E-state index in [4.69, 9.17) is 10.4 Å². The molecule has 1 aromatic carbocycles. The Morgan fingerprint density at radius 3 is 2.59 bits per heavy atom. The largest absolute Gasteiger partial charge is 0.477 e. The number of carboxylic acid groups (broad SMARTS) is 1. The van der Waals surface area contributed by atoms with Crippen molar-refractivity contribution in [2.24, 2.45) is 0 Å². The van der Waals surface area contributed by atoms with Crippen LogP contribution >= 0.6 is 11.3 Å². The van der Waals surface area contributed by atoms with Gasteiger partial charge in [-0.2, -0.15) is 5.26 Å². The van der Waals surface area contributed by atoms with Gasteiger partial charge in [0.15, 0.2) is 0 Å². The lowest BCUT2D eigenvalue weighted by atomic mass is 10.1. The van der Waals surface area contributed by atoms with Gasteiger partial charge >= 0.3 is 5.97 Å². The molecule has 4 nitrogen and oxygen atoms in total. The Bertz CT molecular complexity index is 608. The van der Waals surface area contributed by atoms with Gasteiger partial charge in [-0.25, -0.2) is 9.78 Å². The maximum absolute atomic E-state index is 11.0. The van der Waals surface area contributed by atoms with Gasteiger partial charge in [-0.3, -0.25) is 0 Å². The molecule has 0 amide bonds. The predicted octanol–water partition coefficient (Wildman–Crippen LogP) is 2.69. The molecular formula is C12H8N2O2S. The molecule has 0 aliphatic heterocycles. The lowest BCUT2D eigenvalue weighted by Crippen LogP contribution is -1.95. The van der Waals surface area contributed by atoms with Gasteiger partial charge in [-0.05, 0) is 19.1 Å². The minimum absolute atomic E-state index is 0.229. The molecule has 0 spiro atoms. The number of rotatable bonds is 2. The molecule has 17 heavy (non-hydrogen) atoms. The van der Waals surface area contributed by atoms with Crippen molar-refractivity contribution in [3.63, 3.8) is 0 Å². The van der Waals surface area contributed by atoms with Gasteiger partial charge in [0.2, 0.25) is 0 Å². The zero-order chi connectivity index (χ0) is 12.4. The molecule has 2 aromatic rings. The van der Waals surface area contributed by atoms with Crippen LogP contribution in [0.15, 0.2) is 24.3 Å². The van der Waals surface area contributed by atoms with E-state index in [1.54, 1.807) is 31.2 Å². The molecule has 1 aromatic heterocycles. The third-order valence-corrected chi connectivity index (χ3v) is 3.17. The van der Waals surface area contributed by atoms with Crippen LogP contribution in [0.3, 0.4) is 0 Å². The molecule has 0 fully saturated rings. The van der Waals surface area contributed by atoms with Crippen LogP contribution in [-0.2, 0) is 0 Å². The van der Waals surface area contributed by atoms with Crippen LogP contribution in [0.5, 0.6) is 0 Å². The molecule has 1 heterocycles. The number of hydrogen-bond acceptors (Lipinski definition) is 4. The second-order valence-electron chi connectivity index (χ2n) is 3.40. The first-order valence-electron chi connectivity index (χ1n) is 4.83. The lowest BCUT2D eigenvalue weighted by Gasteiger charge is -1.98. The number of carbonyl (C=O) groups is 1. The molecule has 0 bridgehead atoms. The summed E-state index contributed by atoms with van der Waals surface area (Å²) in [6, 6.07) is 8.73. The Balaban J connectivity index is 2.52. The molecule has 2 rings (SSSR count). The van der Waals surface area contributed by atoms with E-state index in [0.29, 0.717) is 21.8 Å². The van der Waals surface area contributed by atoms with Crippen LogP contribution < -0.4 is 0 Å². The number of aryl methyl sites for hydroxylation is 1. The van der Waals surface area contributed by atoms with Crippen LogP contribution in [0.2, 0.25) is 0 Å². The SMILES string of the molecule is Cc1nc(-c2ccc(C#N)cc2)c(C(=O)O)s1. The zero-order valence-electron chi connectivity index (χ0n) is 8.97. The van der Waals surface area contributed by atoms with Crippen molar-refractivity contribution in [3.05, 3.63) is 39.7 Å². The number of nitrogens with zero attached hydrogens (tertiary/aromatic N) is 2. The fraction of sp³-hybridized carbons (Fsp3) is 0.0833. The first kappa shape index (κ1) is 11.3. The summed E-state index contributed by atoms with van der Waals surface area (Å²) in [6.45, 7) is 1.77. The summed E-state index contributed by atoms with van der Waals surface area (Å²) in [7, 11) is 0. The van der Waals surface area contributed by atoms with E-state index >= 15 is 0 Å². The number of benzene rings is 1. The van der Waals surface area contributed by atoms with Crippen LogP contribution in [0.25, 0.3) is 11.3 Å². The molecule has 0 saturated heterocycles. The normalized spacial score (nSPS) is 9.88. The average Bonchev–Trinajstić information content (AvgIpc) is 2.72. The molecule has 5 heteroatoms. The molecular weight excluding hydrogens is 236 g/mol. The fourth-order valence-corrected chi connectivity index (χ4v) is 2.25. The highest BCUT2D eigenvalue weighted by Crippen LogP contribution is 2.28. The second-order valence-corrected chi connectivity index (χ2v) is 4.61. The van der Waals surface area contributed by atoms with E-state index < -0.39 is 5.97 Å². The van der Waals surface area contributed by atoms with Gasteiger partial charge in [-0.15, -0.1) is 11.3 Å². The highest BCUT2D eigenvalue weighted by molar-refractivity contribution is 7.14. The Morgan fingerprint density at radius 1 is 1.41 bits per heavy atom. The summed E-state index contributed by atoms with van der Waals surface area (Å²) in [5, 5.41) is 18.5. The van der Waals surface area contributed by atoms with E-state index in [2.05, 4.69) is 4.98 Å². The highest BCUT2D eigenvalue weighted by atomic mass is 32.1. The van der Waals surface area contributed by atoms with Crippen LogP contribution in [0, 0.1) is 18.3 Å². The van der Waals surface area contributed by atoms with E-state index in [0.717, 1.165) is 11.3 Å². The summed E-state index contributed by atoms with van der Waals surface area (Å²) in [4.78, 5) is 15.5. The van der Waals surface area contributed by atoms with Crippen molar-refractivity contribution >= 4 is 17.3 Å². The van der Waals surface area contributed by atoms with Crippen LogP contribution in [0.4, 0.5) is 0 Å². The van der Waals surface area contributed by atoms with E-state index in [1.165, 1.54) is 0 Å². The Hall–Kier alpha value is -2.19. The molecule has 0 aliphatic rings. The summed E-state index contributed by atoms with van der Waals surface area (Å²) >= 11 is 1.15. The van der Waals surface area contributed by atoms with E-state index in [-0.39, 0.29) is 4.88 Å². The number of hydrogen-bond donors (Lipinski definition) is 1. The van der Waals surface area contributed by atoms with Crippen LogP contribution in [-0.4, -0.2) is 16.1 Å². The van der Waals surface area contributed by atoms with E-state index in [9.17, 15) is 4.79 Å². The topological polar surface area (TPSA) is 74.0 Å². The van der Waals surface area contributed by atoms with Gasteiger partial charge < -0.3 is 5.11 Å². The molecule has 0 aliphatic carbocycles. The maximum Gasteiger partial charge on any atom is 0.348 e. The summed E-state index contributed by atoms with van der Waals surface area (Å²) < 4.78 is 0. The number of nitriles is 1. The predicted molar refractivity (Wildman–Crippen MR) is 64.0 cm³/mol. The van der Waals surface area contributed by atoms with Gasteiger partial charge in [-0.1, -0.05) is 12.1 Å². The summed E-state index contributed by atoms with van der Waals surface area (Å²) in [5.74, 6) is -0.977. The third-order valence-electron chi connectivity index (χ3n) is 2.22. The molecule has 0 saturated carbocycles. The molecule has 1 N–H and O–H groups in total. The first-order chi connectivity index (χ1) is 8.11. The van der Waals surface area contributed by atoms with Crippen LogP contribution in [0.1, 0.15) is 20.2 Å². The number of aromatic carboxylic acids is 1. The Labute approximate surface area is 102 Å². The zero-order valence-corrected chi connectivity index (χ0v) is 9.78. The van der Waals surface area contributed by atoms with Crippen molar-refractivity contribution in [1.82, 2.24) is 4.98 Å². The highest BCUT2D eigenvalue weighted by Gasteiger charge is 2.16. The average molecular weight is 244 g/mol. The smallest absolute Gasteiger partial charge is 0.348 e. The molecule has 0 radical (unpaired) electrons. The molecule has 84 valence electrons. The van der Waals surface area contributed by atoms with Crippen molar-refractivity contribution < 1.29 is 9.90 Å². The monoisotopic (exact) mass is 244 g/mol. The standard InChI is InChI=1S/C12H8N2O2S/c1-7-14-10(11(17-7)12(15)16)9-4-2-8(6-13)3-5-9/h2-5H,1H3,(H,15,16). The van der Waals surface area contributed by atoms with Gasteiger partial charge in [0, 0.05) is 5.56 Å². The maximum atomic E-state index is 11.0. The van der Waals surface area contributed by atoms with Gasteiger partial charge in [0.1, 0.15) is 4.88 Å². The second kappa shape index (κ2) is 4.36. The summed E-state index contributed by atoms with van der Waals surface area (Å²) in [6.07, 6.45) is 0. The Morgan fingerprint density at radius 2 is 2.06 bits per heavy atom. The Kier molecular flexibility index (Phi) is 2.90. The van der Waals surface area contributed by atoms with Crippen molar-refractivity contribution in [1.29, 1.82) is 5.26 Å². The van der Waals surface area contributed by atoms with Gasteiger partial charge in [0.05, 0.1) is 22.3 Å². The first-order valence-corrected chi connectivity index (χ1v) is 5.64. The van der Waals surface area contributed by atoms with E-state index in [1.807, 2.05) is 6.07 Å². The quantitative estimate of drug-likeness (QED) is 0.881. The number of thiazole rings is 1. The fourth-order valence-electron chi connectivity index (χ4n) is 1.47. The van der Waals surface area contributed by atoms with Crippen molar-refractivity contribution in [2.75, 3.05) is 0 Å². The number of aromatic nitrogens is 1. The molecule has 0 unspecified atom stereocenters. The third kappa shape index (κ3) is 2.17. The summed E-state index contributed by atoms with van der Waals surface area (Å²) in [5.41, 5.74) is 1.72.